The molecule has 4 aromatic carbocycles. The molecule has 6 rings (SSSR count). The molecule has 0 aromatic heterocycles. The summed E-state index contributed by atoms with van der Waals surface area (Å²) in [4.78, 5) is 0. The quantitative estimate of drug-likeness (QED) is 0.367. The Morgan fingerprint density at radius 1 is 0.533 bits per heavy atom. The van der Waals surface area contributed by atoms with E-state index in [9.17, 15) is 0 Å². The van der Waals surface area contributed by atoms with Crippen LogP contribution in [0.25, 0.3) is 21.9 Å². The molecule has 0 fully saturated rings. The molecule has 0 atom stereocenters. The van der Waals surface area contributed by atoms with Gasteiger partial charge in [-0.2, -0.15) is 0 Å². The first-order valence-corrected chi connectivity index (χ1v) is 10.2. The molecular weight excluding hydrogens is 368 g/mol. The lowest BCUT2D eigenvalue weighted by Crippen LogP contribution is -2.08. The van der Waals surface area contributed by atoms with Gasteiger partial charge in [-0.25, -0.2) is 0 Å². The Kier molecular flexibility index (Phi) is 3.63. The van der Waals surface area contributed by atoms with Gasteiger partial charge in [0.05, 0.1) is 12.5 Å². The van der Waals surface area contributed by atoms with E-state index in [0.717, 1.165) is 55.7 Å². The molecule has 2 nitrogen and oxygen atoms in total. The van der Waals surface area contributed by atoms with Crippen LogP contribution in [0, 0.1) is 13.8 Å². The molecule has 4 aromatic rings. The second-order valence-electron chi connectivity index (χ2n) is 7.92. The third kappa shape index (κ3) is 2.37. The molecule has 2 aliphatic heterocycles. The smallest absolute Gasteiger partial charge is 0.138 e. The largest absolute Gasteiger partial charge is 0.463 e. The number of hydrogen-bond acceptors (Lipinski definition) is 2. The standard InChI is InChI=1S/C28H20O2/c1-17-13-21-23(19-9-5-3-6-10-19)16-30-28-18(2)14-22-24(20-11-7-4-8-12-20)15-29-27(17)25(22)26(21)28/h3-16H,1-2H3. The topological polar surface area (TPSA) is 18.5 Å². The first-order valence-electron chi connectivity index (χ1n) is 10.2. The lowest BCUT2D eigenvalue weighted by molar-refractivity contribution is 0.474. The van der Waals surface area contributed by atoms with Crippen LogP contribution in [0.2, 0.25) is 0 Å². The fourth-order valence-electron chi connectivity index (χ4n) is 4.62. The van der Waals surface area contributed by atoms with Gasteiger partial charge in [0.2, 0.25) is 0 Å². The maximum atomic E-state index is 6.22. The van der Waals surface area contributed by atoms with Crippen LogP contribution in [0.4, 0.5) is 0 Å². The maximum absolute atomic E-state index is 6.22. The van der Waals surface area contributed by atoms with E-state index in [4.69, 9.17) is 9.47 Å². The van der Waals surface area contributed by atoms with Crippen LogP contribution in [0.1, 0.15) is 33.4 Å². The molecule has 0 amide bonds. The molecular formula is C28H20O2. The van der Waals surface area contributed by atoms with Crippen molar-refractivity contribution in [2.24, 2.45) is 0 Å². The zero-order chi connectivity index (χ0) is 20.2. The summed E-state index contributed by atoms with van der Waals surface area (Å²) in [5.74, 6) is 1.84. The van der Waals surface area contributed by atoms with Crippen LogP contribution >= 0.6 is 0 Å². The van der Waals surface area contributed by atoms with Crippen molar-refractivity contribution < 1.29 is 9.47 Å². The third-order valence-corrected chi connectivity index (χ3v) is 6.02. The van der Waals surface area contributed by atoms with Crippen LogP contribution in [0.5, 0.6) is 11.5 Å². The molecule has 0 saturated carbocycles. The Morgan fingerprint density at radius 3 is 1.33 bits per heavy atom. The third-order valence-electron chi connectivity index (χ3n) is 6.02. The van der Waals surface area contributed by atoms with Crippen molar-refractivity contribution in [1.82, 2.24) is 0 Å². The van der Waals surface area contributed by atoms with Crippen LogP contribution < -0.4 is 9.47 Å². The first kappa shape index (κ1) is 17.1. The van der Waals surface area contributed by atoms with Gasteiger partial charge >= 0.3 is 0 Å². The van der Waals surface area contributed by atoms with E-state index in [-0.39, 0.29) is 0 Å². The van der Waals surface area contributed by atoms with E-state index in [1.807, 2.05) is 24.7 Å². The molecule has 0 aliphatic carbocycles. The monoisotopic (exact) mass is 388 g/mol. The average Bonchev–Trinajstić information content (AvgIpc) is 2.79. The molecule has 144 valence electrons. The molecule has 0 saturated heterocycles. The predicted molar refractivity (Wildman–Crippen MR) is 122 cm³/mol. The highest BCUT2D eigenvalue weighted by molar-refractivity contribution is 6.12. The van der Waals surface area contributed by atoms with E-state index >= 15 is 0 Å². The van der Waals surface area contributed by atoms with E-state index < -0.39 is 0 Å². The summed E-state index contributed by atoms with van der Waals surface area (Å²) >= 11 is 0. The molecule has 0 N–H and O–H groups in total. The van der Waals surface area contributed by atoms with Crippen LogP contribution in [0.3, 0.4) is 0 Å². The van der Waals surface area contributed by atoms with Gasteiger partial charge in [-0.3, -0.25) is 0 Å². The molecule has 0 unspecified atom stereocenters. The highest BCUT2D eigenvalue weighted by Crippen LogP contribution is 2.50. The Bertz CT molecular complexity index is 1270. The number of benzene rings is 4. The molecule has 30 heavy (non-hydrogen) atoms. The summed E-state index contributed by atoms with van der Waals surface area (Å²) in [5, 5.41) is 2.27. The van der Waals surface area contributed by atoms with Gasteiger partial charge in [-0.05, 0) is 59.4 Å². The van der Waals surface area contributed by atoms with E-state index in [2.05, 4.69) is 74.5 Å². The van der Waals surface area contributed by atoms with Gasteiger partial charge in [-0.1, -0.05) is 60.7 Å². The summed E-state index contributed by atoms with van der Waals surface area (Å²) in [6, 6.07) is 25.3. The molecule has 2 heteroatoms. The zero-order valence-electron chi connectivity index (χ0n) is 16.9. The number of aryl methyl sites for hydroxylation is 2. The van der Waals surface area contributed by atoms with Crippen molar-refractivity contribution in [1.29, 1.82) is 0 Å². The van der Waals surface area contributed by atoms with Crippen LogP contribution in [-0.4, -0.2) is 0 Å². The minimum absolute atomic E-state index is 0.919. The van der Waals surface area contributed by atoms with E-state index in [1.54, 1.807) is 0 Å². The van der Waals surface area contributed by atoms with Gasteiger partial charge in [-0.15, -0.1) is 0 Å². The maximum Gasteiger partial charge on any atom is 0.138 e. The van der Waals surface area contributed by atoms with Crippen molar-refractivity contribution in [2.75, 3.05) is 0 Å². The SMILES string of the molecule is Cc1cc2c3c(c(C)cc4c3c1OC=C4c1ccccc1)OC=C2c1ccccc1. The van der Waals surface area contributed by atoms with E-state index in [1.165, 1.54) is 11.1 Å². The van der Waals surface area contributed by atoms with Gasteiger partial charge in [0.25, 0.3) is 0 Å². The normalized spacial score (nSPS) is 13.9. The predicted octanol–water partition coefficient (Wildman–Crippen LogP) is 7.02. The fourth-order valence-corrected chi connectivity index (χ4v) is 4.62. The van der Waals surface area contributed by atoms with Crippen molar-refractivity contribution >= 4 is 21.9 Å². The lowest BCUT2D eigenvalue weighted by Gasteiger charge is -2.28. The van der Waals surface area contributed by atoms with Gasteiger partial charge in [0, 0.05) is 21.9 Å². The van der Waals surface area contributed by atoms with Crippen molar-refractivity contribution in [3.63, 3.8) is 0 Å². The van der Waals surface area contributed by atoms with Gasteiger partial charge < -0.3 is 9.47 Å². The molecule has 0 radical (unpaired) electrons. The summed E-state index contributed by atoms with van der Waals surface area (Å²) in [6.07, 6.45) is 3.78. The Morgan fingerprint density at radius 2 is 0.933 bits per heavy atom. The summed E-state index contributed by atoms with van der Waals surface area (Å²) in [5.41, 5.74) is 9.15. The molecule has 0 spiro atoms. The molecule has 2 heterocycles. The summed E-state index contributed by atoms with van der Waals surface area (Å²) < 4.78 is 12.4. The molecule has 2 aliphatic rings. The van der Waals surface area contributed by atoms with Gasteiger partial charge in [0.15, 0.2) is 0 Å². The number of ether oxygens (including phenoxy) is 2. The van der Waals surface area contributed by atoms with Crippen molar-refractivity contribution in [3.8, 4) is 11.5 Å². The van der Waals surface area contributed by atoms with E-state index in [0.29, 0.717) is 0 Å². The van der Waals surface area contributed by atoms with Crippen LogP contribution in [-0.2, 0) is 0 Å². The average molecular weight is 388 g/mol. The highest BCUT2D eigenvalue weighted by Gasteiger charge is 2.28. The minimum atomic E-state index is 0.919. The van der Waals surface area contributed by atoms with Crippen LogP contribution in [0.15, 0.2) is 85.3 Å². The Hall–Kier alpha value is -3.78. The summed E-state index contributed by atoms with van der Waals surface area (Å²) in [6.45, 7) is 4.24. The zero-order valence-corrected chi connectivity index (χ0v) is 16.9. The lowest BCUT2D eigenvalue weighted by atomic mass is 9.84. The second-order valence-corrected chi connectivity index (χ2v) is 7.92. The van der Waals surface area contributed by atoms with Crippen molar-refractivity contribution in [2.45, 2.75) is 13.8 Å². The fraction of sp³-hybridized carbons (Fsp3) is 0.0714. The number of rotatable bonds is 2. The van der Waals surface area contributed by atoms with Gasteiger partial charge in [0.1, 0.15) is 11.5 Å². The second kappa shape index (κ2) is 6.36. The Balaban J connectivity index is 1.69. The first-order chi connectivity index (χ1) is 14.7. The summed E-state index contributed by atoms with van der Waals surface area (Å²) in [7, 11) is 0. The highest BCUT2D eigenvalue weighted by atomic mass is 16.5. The Labute approximate surface area is 175 Å². The minimum Gasteiger partial charge on any atom is -0.463 e. The molecule has 0 bridgehead atoms. The number of hydrogen-bond donors (Lipinski definition) is 0. The van der Waals surface area contributed by atoms with Crippen molar-refractivity contribution in [3.05, 3.63) is 119 Å².